The van der Waals surface area contributed by atoms with Crippen molar-refractivity contribution in [1.29, 1.82) is 0 Å². The fraction of sp³-hybridized carbons (Fsp3) is 0.857. The van der Waals surface area contributed by atoms with Gasteiger partial charge in [0.05, 0.1) is 6.61 Å². The van der Waals surface area contributed by atoms with Crippen LogP contribution in [0.2, 0.25) is 0 Å². The van der Waals surface area contributed by atoms with Crippen molar-refractivity contribution in [3.8, 4) is 0 Å². The molecule has 0 aromatic carbocycles. The van der Waals surface area contributed by atoms with Gasteiger partial charge in [0.15, 0.2) is 5.79 Å². The van der Waals surface area contributed by atoms with Gasteiger partial charge in [0.1, 0.15) is 6.10 Å². The molecule has 1 atom stereocenters. The Morgan fingerprint density at radius 1 is 1.20 bits per heavy atom. The van der Waals surface area contributed by atoms with Crippen LogP contribution in [-0.2, 0) is 19.1 Å². The molecule has 1 heterocycles. The quantitative estimate of drug-likeness (QED) is 0.740. The average molecular weight is 284 g/mol. The first-order valence-electron chi connectivity index (χ1n) is 7.38. The van der Waals surface area contributed by atoms with E-state index >= 15 is 0 Å². The maximum absolute atomic E-state index is 11.6. The summed E-state index contributed by atoms with van der Waals surface area (Å²) in [5.41, 5.74) is 0. The van der Waals surface area contributed by atoms with Crippen molar-refractivity contribution in [1.82, 2.24) is 10.6 Å². The fourth-order valence-corrected chi connectivity index (χ4v) is 2.56. The number of hydrogen-bond donors (Lipinski definition) is 2. The average Bonchev–Trinajstić information content (AvgIpc) is 3.04. The summed E-state index contributed by atoms with van der Waals surface area (Å²) in [4.78, 5) is 23.1. The Labute approximate surface area is 119 Å². The number of rotatable bonds is 4. The van der Waals surface area contributed by atoms with E-state index in [-0.39, 0.29) is 6.10 Å². The molecule has 2 amide bonds. The maximum atomic E-state index is 11.6. The zero-order valence-corrected chi connectivity index (χ0v) is 12.2. The lowest BCUT2D eigenvalue weighted by Gasteiger charge is -2.21. The molecular weight excluding hydrogens is 260 g/mol. The van der Waals surface area contributed by atoms with Crippen molar-refractivity contribution in [2.45, 2.75) is 51.4 Å². The van der Waals surface area contributed by atoms with E-state index in [1.807, 2.05) is 13.8 Å². The smallest absolute Gasteiger partial charge is 0.309 e. The minimum absolute atomic E-state index is 0.157. The first-order chi connectivity index (χ1) is 9.51. The standard InChI is InChI=1S/C14H24N2O4/c1-10(2)7-15-12(17)13(18)16-8-11-9-19-14(20-11)5-3-4-6-14/h10-11H,3-9H2,1-2H3,(H,15,17)(H,16,18)/t11-/m1/s1. The molecule has 2 fully saturated rings. The van der Waals surface area contributed by atoms with E-state index in [2.05, 4.69) is 10.6 Å². The third kappa shape index (κ3) is 3.93. The first kappa shape index (κ1) is 15.3. The molecule has 0 bridgehead atoms. The molecule has 1 aliphatic heterocycles. The van der Waals surface area contributed by atoms with Crippen LogP contribution in [0.15, 0.2) is 0 Å². The van der Waals surface area contributed by atoms with Gasteiger partial charge in [0, 0.05) is 25.9 Å². The summed E-state index contributed by atoms with van der Waals surface area (Å²) in [5, 5.41) is 5.18. The van der Waals surface area contributed by atoms with E-state index in [1.54, 1.807) is 0 Å². The predicted molar refractivity (Wildman–Crippen MR) is 72.9 cm³/mol. The number of nitrogens with one attached hydrogen (secondary N) is 2. The van der Waals surface area contributed by atoms with Crippen molar-refractivity contribution < 1.29 is 19.1 Å². The van der Waals surface area contributed by atoms with Gasteiger partial charge in [-0.1, -0.05) is 13.8 Å². The Balaban J connectivity index is 1.67. The fourth-order valence-electron chi connectivity index (χ4n) is 2.56. The van der Waals surface area contributed by atoms with E-state index in [4.69, 9.17) is 9.47 Å². The molecule has 1 saturated heterocycles. The van der Waals surface area contributed by atoms with Crippen LogP contribution in [0.1, 0.15) is 39.5 Å². The minimum Gasteiger partial charge on any atom is -0.348 e. The molecule has 0 aromatic rings. The van der Waals surface area contributed by atoms with E-state index in [0.29, 0.717) is 25.6 Å². The number of hydrogen-bond acceptors (Lipinski definition) is 4. The second-order valence-corrected chi connectivity index (χ2v) is 5.98. The molecule has 114 valence electrons. The van der Waals surface area contributed by atoms with Gasteiger partial charge in [-0.05, 0) is 18.8 Å². The summed E-state index contributed by atoms with van der Waals surface area (Å²) in [6.07, 6.45) is 3.93. The Kier molecular flexibility index (Phi) is 4.99. The summed E-state index contributed by atoms with van der Waals surface area (Å²) in [5.74, 6) is -1.30. The second-order valence-electron chi connectivity index (χ2n) is 5.98. The van der Waals surface area contributed by atoms with E-state index in [1.165, 1.54) is 0 Å². The van der Waals surface area contributed by atoms with E-state index in [0.717, 1.165) is 25.7 Å². The molecule has 0 radical (unpaired) electrons. The Morgan fingerprint density at radius 3 is 2.50 bits per heavy atom. The van der Waals surface area contributed by atoms with Crippen molar-refractivity contribution >= 4 is 11.8 Å². The number of amides is 2. The zero-order chi connectivity index (χ0) is 14.6. The lowest BCUT2D eigenvalue weighted by Crippen LogP contribution is -2.44. The largest absolute Gasteiger partial charge is 0.348 e. The third-order valence-electron chi connectivity index (χ3n) is 3.65. The summed E-state index contributed by atoms with van der Waals surface area (Å²) in [6.45, 7) is 5.24. The maximum Gasteiger partial charge on any atom is 0.309 e. The van der Waals surface area contributed by atoms with Crippen LogP contribution >= 0.6 is 0 Å². The normalized spacial score (nSPS) is 24.2. The predicted octanol–water partition coefficient (Wildman–Crippen LogP) is 0.561. The highest BCUT2D eigenvalue weighted by Gasteiger charge is 2.43. The number of carbonyl (C=O) groups excluding carboxylic acids is 2. The highest BCUT2D eigenvalue weighted by atomic mass is 16.7. The molecule has 6 nitrogen and oxygen atoms in total. The molecule has 1 saturated carbocycles. The molecule has 0 unspecified atom stereocenters. The van der Waals surface area contributed by atoms with Gasteiger partial charge in [-0.15, -0.1) is 0 Å². The summed E-state index contributed by atoms with van der Waals surface area (Å²) in [6, 6.07) is 0. The van der Waals surface area contributed by atoms with Crippen LogP contribution < -0.4 is 10.6 Å². The van der Waals surface area contributed by atoms with Crippen LogP contribution in [0.5, 0.6) is 0 Å². The molecule has 2 N–H and O–H groups in total. The Bertz CT molecular complexity index is 364. The third-order valence-corrected chi connectivity index (χ3v) is 3.65. The van der Waals surface area contributed by atoms with Gasteiger partial charge in [0.2, 0.25) is 0 Å². The molecule has 1 spiro atoms. The van der Waals surface area contributed by atoms with Crippen LogP contribution in [0, 0.1) is 5.92 Å². The van der Waals surface area contributed by atoms with Gasteiger partial charge in [-0.25, -0.2) is 0 Å². The molecule has 0 aromatic heterocycles. The van der Waals surface area contributed by atoms with Crippen LogP contribution in [0.25, 0.3) is 0 Å². The highest BCUT2D eigenvalue weighted by molar-refractivity contribution is 6.35. The number of ether oxygens (including phenoxy) is 2. The molecule has 1 aliphatic carbocycles. The minimum atomic E-state index is -0.610. The van der Waals surface area contributed by atoms with Gasteiger partial charge < -0.3 is 20.1 Å². The van der Waals surface area contributed by atoms with Gasteiger partial charge >= 0.3 is 11.8 Å². The molecule has 6 heteroatoms. The molecule has 2 rings (SSSR count). The summed E-state index contributed by atoms with van der Waals surface area (Å²) < 4.78 is 11.6. The monoisotopic (exact) mass is 284 g/mol. The summed E-state index contributed by atoms with van der Waals surface area (Å²) in [7, 11) is 0. The van der Waals surface area contributed by atoms with Crippen molar-refractivity contribution in [3.63, 3.8) is 0 Å². The molecule has 20 heavy (non-hydrogen) atoms. The molecular formula is C14H24N2O4. The van der Waals surface area contributed by atoms with Gasteiger partial charge in [0.25, 0.3) is 0 Å². The lowest BCUT2D eigenvalue weighted by molar-refractivity contribution is -0.161. The zero-order valence-electron chi connectivity index (χ0n) is 12.2. The van der Waals surface area contributed by atoms with Crippen molar-refractivity contribution in [3.05, 3.63) is 0 Å². The topological polar surface area (TPSA) is 76.7 Å². The van der Waals surface area contributed by atoms with Crippen molar-refractivity contribution in [2.24, 2.45) is 5.92 Å². The van der Waals surface area contributed by atoms with Crippen LogP contribution in [-0.4, -0.2) is 43.4 Å². The Morgan fingerprint density at radius 2 is 1.85 bits per heavy atom. The van der Waals surface area contributed by atoms with Crippen molar-refractivity contribution in [2.75, 3.05) is 19.7 Å². The Hall–Kier alpha value is -1.14. The number of carbonyl (C=O) groups is 2. The SMILES string of the molecule is CC(C)CNC(=O)C(=O)NC[C@@H]1COC2(CCCC2)O1. The lowest BCUT2D eigenvalue weighted by atomic mass is 10.2. The summed E-state index contributed by atoms with van der Waals surface area (Å²) >= 11 is 0. The highest BCUT2D eigenvalue weighted by Crippen LogP contribution is 2.38. The van der Waals surface area contributed by atoms with E-state index in [9.17, 15) is 9.59 Å². The van der Waals surface area contributed by atoms with E-state index < -0.39 is 17.6 Å². The van der Waals surface area contributed by atoms with Gasteiger partial charge in [-0.3, -0.25) is 9.59 Å². The second kappa shape index (κ2) is 6.54. The molecule has 2 aliphatic rings. The van der Waals surface area contributed by atoms with Gasteiger partial charge in [-0.2, -0.15) is 0 Å². The first-order valence-corrected chi connectivity index (χ1v) is 7.38. The van der Waals surface area contributed by atoms with Crippen LogP contribution in [0.3, 0.4) is 0 Å². The van der Waals surface area contributed by atoms with Crippen LogP contribution in [0.4, 0.5) is 0 Å².